The number of hydroxylamine groups is 1. The molecule has 1 aromatic carbocycles. The third kappa shape index (κ3) is 2.63. The summed E-state index contributed by atoms with van der Waals surface area (Å²) in [5, 5.41) is 8.83. The number of rotatable bonds is 3. The first-order valence-electron chi connectivity index (χ1n) is 6.26. The second kappa shape index (κ2) is 5.46. The average molecular weight is 219 g/mol. The highest BCUT2D eigenvalue weighted by Gasteiger charge is 2.21. The van der Waals surface area contributed by atoms with E-state index in [1.807, 2.05) is 6.07 Å². The van der Waals surface area contributed by atoms with Crippen LogP contribution in [0.5, 0.6) is 0 Å². The minimum absolute atomic E-state index is 0.558. The van der Waals surface area contributed by atoms with Crippen molar-refractivity contribution in [1.29, 1.82) is 0 Å². The van der Waals surface area contributed by atoms with Gasteiger partial charge in [0.05, 0.1) is 0 Å². The zero-order chi connectivity index (χ0) is 11.4. The molecule has 1 aliphatic rings. The largest absolute Gasteiger partial charge is 0.316 e. The van der Waals surface area contributed by atoms with Gasteiger partial charge in [-0.25, -0.2) is 5.48 Å². The number of benzene rings is 1. The molecular formula is C14H21NO. The Morgan fingerprint density at radius 1 is 1.19 bits per heavy atom. The molecule has 2 heteroatoms. The molecule has 0 aliphatic heterocycles. The van der Waals surface area contributed by atoms with Crippen molar-refractivity contribution in [2.75, 3.05) is 0 Å². The number of nitrogens with one attached hydrogen (secondary N) is 1. The fourth-order valence-electron chi connectivity index (χ4n) is 2.75. The molecule has 1 aromatic rings. The summed E-state index contributed by atoms with van der Waals surface area (Å²) in [5.74, 6) is 1.58. The fourth-order valence-corrected chi connectivity index (χ4v) is 2.75. The van der Waals surface area contributed by atoms with Crippen LogP contribution < -0.4 is 5.48 Å². The highest BCUT2D eigenvalue weighted by atomic mass is 16.5. The molecule has 0 radical (unpaired) electrons. The molecule has 2 nitrogen and oxygen atoms in total. The normalized spacial score (nSPS) is 25.6. The summed E-state index contributed by atoms with van der Waals surface area (Å²) in [4.78, 5) is 0. The van der Waals surface area contributed by atoms with Crippen molar-refractivity contribution in [3.8, 4) is 0 Å². The summed E-state index contributed by atoms with van der Waals surface area (Å²) in [6, 6.07) is 8.47. The van der Waals surface area contributed by atoms with Gasteiger partial charge < -0.3 is 5.21 Å². The van der Waals surface area contributed by atoms with Crippen molar-refractivity contribution < 1.29 is 5.21 Å². The maximum atomic E-state index is 8.83. The van der Waals surface area contributed by atoms with E-state index in [4.69, 9.17) is 5.21 Å². The third-order valence-corrected chi connectivity index (χ3v) is 3.78. The van der Waals surface area contributed by atoms with Crippen LogP contribution in [0.3, 0.4) is 0 Å². The summed E-state index contributed by atoms with van der Waals surface area (Å²) in [6.07, 6.45) is 5.27. The highest BCUT2D eigenvalue weighted by molar-refractivity contribution is 5.30. The van der Waals surface area contributed by atoms with E-state index < -0.39 is 0 Å². The smallest absolute Gasteiger partial charge is 0.0460 e. The predicted molar refractivity (Wildman–Crippen MR) is 65.4 cm³/mol. The van der Waals surface area contributed by atoms with Crippen molar-refractivity contribution in [3.63, 3.8) is 0 Å². The van der Waals surface area contributed by atoms with Crippen molar-refractivity contribution in [2.24, 2.45) is 5.92 Å². The van der Waals surface area contributed by atoms with Gasteiger partial charge in [-0.05, 0) is 35.8 Å². The van der Waals surface area contributed by atoms with Gasteiger partial charge in [0.25, 0.3) is 0 Å². The maximum absolute atomic E-state index is 8.83. The van der Waals surface area contributed by atoms with Gasteiger partial charge in [0, 0.05) is 6.54 Å². The summed E-state index contributed by atoms with van der Waals surface area (Å²) < 4.78 is 0. The van der Waals surface area contributed by atoms with Gasteiger partial charge in [-0.1, -0.05) is 44.0 Å². The summed E-state index contributed by atoms with van der Waals surface area (Å²) >= 11 is 0. The number of hydrogen-bond acceptors (Lipinski definition) is 2. The number of hydrogen-bond donors (Lipinski definition) is 2. The van der Waals surface area contributed by atoms with Crippen LogP contribution in [0.4, 0.5) is 0 Å². The molecule has 0 saturated heterocycles. The predicted octanol–water partition coefficient (Wildman–Crippen LogP) is 3.46. The van der Waals surface area contributed by atoms with Crippen LogP contribution in [0.1, 0.15) is 49.7 Å². The molecule has 2 rings (SSSR count). The van der Waals surface area contributed by atoms with E-state index >= 15 is 0 Å². The molecule has 0 unspecified atom stereocenters. The van der Waals surface area contributed by atoms with Crippen LogP contribution in [0.25, 0.3) is 0 Å². The molecule has 2 N–H and O–H groups in total. The Kier molecular flexibility index (Phi) is 3.97. The van der Waals surface area contributed by atoms with Gasteiger partial charge in [0.15, 0.2) is 0 Å². The highest BCUT2D eigenvalue weighted by Crippen LogP contribution is 2.36. The molecular weight excluding hydrogens is 198 g/mol. The van der Waals surface area contributed by atoms with E-state index in [-0.39, 0.29) is 0 Å². The van der Waals surface area contributed by atoms with Gasteiger partial charge in [0.2, 0.25) is 0 Å². The molecule has 1 aliphatic carbocycles. The SMILES string of the molecule is CC1CCC(c2ccccc2CNO)CC1. The van der Waals surface area contributed by atoms with Crippen LogP contribution in [-0.4, -0.2) is 5.21 Å². The first-order valence-corrected chi connectivity index (χ1v) is 6.26. The van der Waals surface area contributed by atoms with E-state index in [0.29, 0.717) is 12.5 Å². The van der Waals surface area contributed by atoms with E-state index in [1.54, 1.807) is 0 Å². The molecule has 88 valence electrons. The standard InChI is InChI=1S/C14H21NO/c1-11-6-8-12(9-7-11)14-5-3-2-4-13(14)10-15-16/h2-5,11-12,15-16H,6-10H2,1H3. The zero-order valence-corrected chi connectivity index (χ0v) is 9.95. The zero-order valence-electron chi connectivity index (χ0n) is 9.95. The molecule has 0 heterocycles. The van der Waals surface area contributed by atoms with Crippen LogP contribution in [0.2, 0.25) is 0 Å². The van der Waals surface area contributed by atoms with Crippen molar-refractivity contribution in [2.45, 2.75) is 45.1 Å². The Labute approximate surface area is 97.6 Å². The molecule has 0 bridgehead atoms. The molecule has 0 atom stereocenters. The summed E-state index contributed by atoms with van der Waals surface area (Å²) in [7, 11) is 0. The van der Waals surface area contributed by atoms with Crippen LogP contribution in [-0.2, 0) is 6.54 Å². The first kappa shape index (κ1) is 11.6. The topological polar surface area (TPSA) is 32.3 Å². The minimum atomic E-state index is 0.558. The second-order valence-electron chi connectivity index (χ2n) is 4.99. The van der Waals surface area contributed by atoms with Crippen molar-refractivity contribution >= 4 is 0 Å². The second-order valence-corrected chi connectivity index (χ2v) is 4.99. The van der Waals surface area contributed by atoms with Gasteiger partial charge in [-0.3, -0.25) is 0 Å². The van der Waals surface area contributed by atoms with E-state index in [9.17, 15) is 0 Å². The lowest BCUT2D eigenvalue weighted by Gasteiger charge is -2.28. The van der Waals surface area contributed by atoms with Crippen LogP contribution in [0, 0.1) is 5.92 Å². The Bertz CT molecular complexity index is 329. The van der Waals surface area contributed by atoms with E-state index in [0.717, 1.165) is 5.92 Å². The van der Waals surface area contributed by atoms with Gasteiger partial charge in [-0.2, -0.15) is 0 Å². The lowest BCUT2D eigenvalue weighted by Crippen LogP contribution is -2.15. The van der Waals surface area contributed by atoms with Crippen LogP contribution in [0.15, 0.2) is 24.3 Å². The third-order valence-electron chi connectivity index (χ3n) is 3.78. The summed E-state index contributed by atoms with van der Waals surface area (Å²) in [5.41, 5.74) is 4.94. The molecule has 0 amide bonds. The first-order chi connectivity index (χ1) is 7.81. The van der Waals surface area contributed by atoms with Crippen molar-refractivity contribution in [1.82, 2.24) is 5.48 Å². The average Bonchev–Trinajstić information content (AvgIpc) is 2.32. The fraction of sp³-hybridized carbons (Fsp3) is 0.571. The Balaban J connectivity index is 2.13. The van der Waals surface area contributed by atoms with Gasteiger partial charge in [-0.15, -0.1) is 0 Å². The van der Waals surface area contributed by atoms with Crippen LogP contribution >= 0.6 is 0 Å². The Hall–Kier alpha value is -0.860. The van der Waals surface area contributed by atoms with E-state index in [2.05, 4.69) is 30.6 Å². The van der Waals surface area contributed by atoms with Crippen molar-refractivity contribution in [3.05, 3.63) is 35.4 Å². The summed E-state index contributed by atoms with van der Waals surface area (Å²) in [6.45, 7) is 2.90. The lowest BCUT2D eigenvalue weighted by molar-refractivity contribution is 0.160. The minimum Gasteiger partial charge on any atom is -0.316 e. The van der Waals surface area contributed by atoms with Gasteiger partial charge >= 0.3 is 0 Å². The maximum Gasteiger partial charge on any atom is 0.0460 e. The lowest BCUT2D eigenvalue weighted by atomic mass is 9.78. The Morgan fingerprint density at radius 3 is 2.56 bits per heavy atom. The molecule has 0 aromatic heterocycles. The monoisotopic (exact) mass is 219 g/mol. The Morgan fingerprint density at radius 2 is 1.88 bits per heavy atom. The van der Waals surface area contributed by atoms with E-state index in [1.165, 1.54) is 36.8 Å². The molecule has 0 spiro atoms. The quantitative estimate of drug-likeness (QED) is 0.763. The molecule has 16 heavy (non-hydrogen) atoms. The molecule has 1 fully saturated rings. The molecule has 1 saturated carbocycles. The van der Waals surface area contributed by atoms with Gasteiger partial charge in [0.1, 0.15) is 0 Å².